The molecule has 0 heterocycles. The van der Waals surface area contributed by atoms with Gasteiger partial charge in [0.25, 0.3) is 5.92 Å². The second kappa shape index (κ2) is 2.91. The molecule has 1 unspecified atom stereocenters. The topological polar surface area (TPSA) is 0 Å². The number of hydrogen-bond donors (Lipinski definition) is 0. The van der Waals surface area contributed by atoms with E-state index < -0.39 is 24.7 Å². The fourth-order valence-electron chi connectivity index (χ4n) is 0.353. The van der Waals surface area contributed by atoms with Gasteiger partial charge in [-0.25, -0.2) is 13.2 Å². The maximum absolute atomic E-state index is 11.9. The molecule has 0 spiro atoms. The van der Waals surface area contributed by atoms with Crippen molar-refractivity contribution in [2.24, 2.45) is 0 Å². The number of alkyl halides is 6. The molecule has 0 nitrogen and oxygen atoms in total. The van der Waals surface area contributed by atoms with Crippen molar-refractivity contribution in [1.82, 2.24) is 0 Å². The highest BCUT2D eigenvalue weighted by Gasteiger charge is 2.43. The molecule has 0 aliphatic rings. The SMILES string of the molecule is [CH2]C(F)(F)C(F)CC(F)(F)F. The van der Waals surface area contributed by atoms with Gasteiger partial charge in [-0.2, -0.15) is 13.2 Å². The quantitative estimate of drug-likeness (QED) is 0.571. The Hall–Kier alpha value is -0.420. The summed E-state index contributed by atoms with van der Waals surface area (Å²) >= 11 is 0. The third kappa shape index (κ3) is 4.92. The average molecular weight is 179 g/mol. The molecule has 0 saturated heterocycles. The zero-order chi connectivity index (χ0) is 9.28. The molecule has 0 aliphatic carbocycles. The third-order valence-corrected chi connectivity index (χ3v) is 0.869. The Morgan fingerprint density at radius 2 is 1.45 bits per heavy atom. The van der Waals surface area contributed by atoms with Crippen molar-refractivity contribution in [2.45, 2.75) is 24.7 Å². The standard InChI is InChI=1S/C5H5F6/c1-4(7,8)3(6)2-5(9,10)11/h3H,1-2H2. The molecule has 0 aromatic rings. The largest absolute Gasteiger partial charge is 0.392 e. The first-order valence-electron chi connectivity index (χ1n) is 2.57. The Bertz CT molecular complexity index is 120. The van der Waals surface area contributed by atoms with E-state index in [9.17, 15) is 26.3 Å². The lowest BCUT2D eigenvalue weighted by Crippen LogP contribution is -2.31. The monoisotopic (exact) mass is 179 g/mol. The number of hydrogen-bond acceptors (Lipinski definition) is 0. The van der Waals surface area contributed by atoms with Crippen molar-refractivity contribution < 1.29 is 26.3 Å². The average Bonchev–Trinajstić information content (AvgIpc) is 1.56. The predicted octanol–water partition coefficient (Wildman–Crippen LogP) is 2.75. The molecule has 0 rings (SSSR count). The van der Waals surface area contributed by atoms with E-state index in [-0.39, 0.29) is 0 Å². The molecular weight excluding hydrogens is 174 g/mol. The maximum Gasteiger partial charge on any atom is 0.392 e. The van der Waals surface area contributed by atoms with E-state index in [0.29, 0.717) is 0 Å². The predicted molar refractivity (Wildman–Crippen MR) is 25.9 cm³/mol. The van der Waals surface area contributed by atoms with Crippen molar-refractivity contribution in [2.75, 3.05) is 0 Å². The van der Waals surface area contributed by atoms with Crippen LogP contribution in [0.15, 0.2) is 0 Å². The van der Waals surface area contributed by atoms with Gasteiger partial charge in [-0.05, 0) is 0 Å². The molecule has 6 heteroatoms. The Balaban J connectivity index is 3.99. The van der Waals surface area contributed by atoms with Crippen LogP contribution in [0.3, 0.4) is 0 Å². The minimum atomic E-state index is -4.92. The second-order valence-electron chi connectivity index (χ2n) is 2.05. The van der Waals surface area contributed by atoms with Gasteiger partial charge in [0.15, 0.2) is 6.17 Å². The van der Waals surface area contributed by atoms with Crippen LogP contribution in [0.1, 0.15) is 6.42 Å². The highest BCUT2D eigenvalue weighted by molar-refractivity contribution is 4.80. The fraction of sp³-hybridized carbons (Fsp3) is 0.800. The Morgan fingerprint density at radius 1 is 1.09 bits per heavy atom. The van der Waals surface area contributed by atoms with Crippen LogP contribution >= 0.6 is 0 Å². The molecule has 0 aromatic heterocycles. The van der Waals surface area contributed by atoms with Gasteiger partial charge < -0.3 is 0 Å². The van der Waals surface area contributed by atoms with Gasteiger partial charge in [0.2, 0.25) is 0 Å². The van der Waals surface area contributed by atoms with Gasteiger partial charge in [0.1, 0.15) is 0 Å². The van der Waals surface area contributed by atoms with Crippen LogP contribution in [0.5, 0.6) is 0 Å². The van der Waals surface area contributed by atoms with E-state index in [0.717, 1.165) is 0 Å². The molecular formula is C5H5F6. The van der Waals surface area contributed by atoms with Crippen LogP contribution in [0, 0.1) is 6.92 Å². The van der Waals surface area contributed by atoms with E-state index in [2.05, 4.69) is 0 Å². The lowest BCUT2D eigenvalue weighted by Gasteiger charge is -2.16. The molecule has 0 aromatic carbocycles. The molecule has 0 saturated carbocycles. The van der Waals surface area contributed by atoms with Crippen molar-refractivity contribution in [3.63, 3.8) is 0 Å². The van der Waals surface area contributed by atoms with Gasteiger partial charge in [-0.15, -0.1) is 0 Å². The first-order chi connectivity index (χ1) is 4.63. The van der Waals surface area contributed by atoms with Crippen LogP contribution < -0.4 is 0 Å². The summed E-state index contributed by atoms with van der Waals surface area (Å²) in [6.45, 7) is 1.95. The van der Waals surface area contributed by atoms with Crippen molar-refractivity contribution in [3.05, 3.63) is 6.92 Å². The van der Waals surface area contributed by atoms with Crippen molar-refractivity contribution in [3.8, 4) is 0 Å². The summed E-state index contributed by atoms with van der Waals surface area (Å²) in [4.78, 5) is 0. The van der Waals surface area contributed by atoms with Crippen LogP contribution in [0.25, 0.3) is 0 Å². The lowest BCUT2D eigenvalue weighted by atomic mass is 10.2. The Morgan fingerprint density at radius 3 is 1.55 bits per heavy atom. The first kappa shape index (κ1) is 10.6. The summed E-state index contributed by atoms with van der Waals surface area (Å²) in [5.74, 6) is -4.17. The zero-order valence-corrected chi connectivity index (χ0v) is 5.26. The third-order valence-electron chi connectivity index (χ3n) is 0.869. The molecule has 0 fully saturated rings. The van der Waals surface area contributed by atoms with Crippen LogP contribution in [0.2, 0.25) is 0 Å². The van der Waals surface area contributed by atoms with Crippen molar-refractivity contribution in [1.29, 1.82) is 0 Å². The minimum absolute atomic E-state index is 1.95. The van der Waals surface area contributed by atoms with Gasteiger partial charge in [-0.3, -0.25) is 0 Å². The van der Waals surface area contributed by atoms with E-state index in [1.54, 1.807) is 0 Å². The maximum atomic E-state index is 11.9. The van der Waals surface area contributed by atoms with Gasteiger partial charge in [0.05, 0.1) is 6.42 Å². The van der Waals surface area contributed by atoms with E-state index >= 15 is 0 Å². The normalized spacial score (nSPS) is 16.6. The summed E-state index contributed by atoms with van der Waals surface area (Å²) < 4.78 is 68.9. The Kier molecular flexibility index (Phi) is 2.79. The zero-order valence-electron chi connectivity index (χ0n) is 5.26. The molecule has 67 valence electrons. The summed E-state index contributed by atoms with van der Waals surface area (Å²) in [6, 6.07) is 0. The van der Waals surface area contributed by atoms with E-state index in [1.165, 1.54) is 0 Å². The molecule has 0 amide bonds. The Labute approximate surface area is 59.2 Å². The minimum Gasteiger partial charge on any atom is -0.240 e. The number of halogens is 6. The summed E-state index contributed by atoms with van der Waals surface area (Å²) in [5.41, 5.74) is 0. The summed E-state index contributed by atoms with van der Waals surface area (Å²) in [6.07, 6.45) is -10.3. The lowest BCUT2D eigenvalue weighted by molar-refractivity contribution is -0.168. The molecule has 1 radical (unpaired) electrons. The van der Waals surface area contributed by atoms with Crippen molar-refractivity contribution >= 4 is 0 Å². The van der Waals surface area contributed by atoms with Crippen LogP contribution in [0.4, 0.5) is 26.3 Å². The number of rotatable bonds is 2. The molecule has 11 heavy (non-hydrogen) atoms. The molecule has 0 N–H and O–H groups in total. The van der Waals surface area contributed by atoms with Gasteiger partial charge in [-0.1, -0.05) is 0 Å². The fourth-order valence-corrected chi connectivity index (χ4v) is 0.353. The first-order valence-corrected chi connectivity index (χ1v) is 2.57. The molecule has 0 bridgehead atoms. The molecule has 1 atom stereocenters. The second-order valence-corrected chi connectivity index (χ2v) is 2.05. The van der Waals surface area contributed by atoms with Gasteiger partial charge >= 0.3 is 6.18 Å². The molecule has 0 aliphatic heterocycles. The van der Waals surface area contributed by atoms with E-state index in [1.807, 2.05) is 6.92 Å². The van der Waals surface area contributed by atoms with Gasteiger partial charge in [0, 0.05) is 6.92 Å². The van der Waals surface area contributed by atoms with Crippen LogP contribution in [-0.4, -0.2) is 18.3 Å². The van der Waals surface area contributed by atoms with Crippen LogP contribution in [-0.2, 0) is 0 Å². The highest BCUT2D eigenvalue weighted by Crippen LogP contribution is 2.30. The smallest absolute Gasteiger partial charge is 0.240 e. The summed E-state index contributed by atoms with van der Waals surface area (Å²) in [5, 5.41) is 0. The van der Waals surface area contributed by atoms with E-state index in [4.69, 9.17) is 0 Å². The summed E-state index contributed by atoms with van der Waals surface area (Å²) in [7, 11) is 0. The highest BCUT2D eigenvalue weighted by atomic mass is 19.4.